The molecule has 0 atom stereocenters. The van der Waals surface area contributed by atoms with Gasteiger partial charge >= 0.3 is 0 Å². The number of carbonyl (C=O) groups is 1. The number of nitrogens with zero attached hydrogens (tertiary/aromatic N) is 5. The molecule has 0 unspecified atom stereocenters. The molecule has 0 spiro atoms. The van der Waals surface area contributed by atoms with Crippen molar-refractivity contribution in [3.05, 3.63) is 58.6 Å². The molecule has 1 aromatic carbocycles. The van der Waals surface area contributed by atoms with Gasteiger partial charge in [0.2, 0.25) is 5.91 Å². The molecule has 2 heterocycles. The zero-order valence-electron chi connectivity index (χ0n) is 16.4. The minimum absolute atomic E-state index is 0.0502. The molecule has 8 heteroatoms. The van der Waals surface area contributed by atoms with Crippen molar-refractivity contribution in [3.63, 3.8) is 0 Å². The number of benzene rings is 1. The Kier molecular flexibility index (Phi) is 5.94. The third kappa shape index (κ3) is 4.48. The van der Waals surface area contributed by atoms with Crippen LogP contribution in [0.25, 0.3) is 5.82 Å². The second kappa shape index (κ2) is 8.39. The average Bonchev–Trinajstić information content (AvgIpc) is 2.96. The minimum atomic E-state index is -0.0502. The van der Waals surface area contributed by atoms with Gasteiger partial charge in [-0.25, -0.2) is 14.6 Å². The summed E-state index contributed by atoms with van der Waals surface area (Å²) in [4.78, 5) is 22.8. The van der Waals surface area contributed by atoms with Crippen LogP contribution in [0.4, 0.5) is 11.5 Å². The summed E-state index contributed by atoms with van der Waals surface area (Å²) in [6.45, 7) is 3.94. The molecule has 3 aromatic rings. The van der Waals surface area contributed by atoms with Crippen LogP contribution < -0.4 is 10.2 Å². The van der Waals surface area contributed by atoms with Gasteiger partial charge in [0.1, 0.15) is 12.1 Å². The summed E-state index contributed by atoms with van der Waals surface area (Å²) < 4.78 is 1.80. The van der Waals surface area contributed by atoms with Crippen molar-refractivity contribution in [1.29, 1.82) is 0 Å². The lowest BCUT2D eigenvalue weighted by Crippen LogP contribution is -2.13. The van der Waals surface area contributed by atoms with Crippen LogP contribution in [-0.4, -0.2) is 39.8 Å². The Morgan fingerprint density at radius 3 is 2.57 bits per heavy atom. The zero-order valence-corrected chi connectivity index (χ0v) is 17.2. The molecule has 2 aromatic heterocycles. The minimum Gasteiger partial charge on any atom is -0.363 e. The molecular weight excluding hydrogens is 376 g/mol. The standard InChI is InChI=1S/C20H23ClN6O/c1-13-17(9-10-20(28)24-16-7-5-15(21)6-8-16)14(2)27(25-13)19-11-18(26(3)4)22-12-23-19/h5-8,11-12H,9-10H2,1-4H3,(H,24,28). The first-order valence-electron chi connectivity index (χ1n) is 8.95. The lowest BCUT2D eigenvalue weighted by atomic mass is 10.1. The van der Waals surface area contributed by atoms with Gasteiger partial charge in [-0.2, -0.15) is 5.10 Å². The van der Waals surface area contributed by atoms with E-state index in [2.05, 4.69) is 20.4 Å². The number of carbonyl (C=O) groups excluding carboxylic acids is 1. The van der Waals surface area contributed by atoms with Gasteiger partial charge in [-0.05, 0) is 50.1 Å². The first-order chi connectivity index (χ1) is 13.3. The molecule has 3 rings (SSSR count). The normalized spacial score (nSPS) is 10.8. The van der Waals surface area contributed by atoms with Crippen molar-refractivity contribution in [2.75, 3.05) is 24.3 Å². The first kappa shape index (κ1) is 19.8. The summed E-state index contributed by atoms with van der Waals surface area (Å²) in [6.07, 6.45) is 2.49. The number of aryl methyl sites for hydroxylation is 1. The molecule has 7 nitrogen and oxygen atoms in total. The topological polar surface area (TPSA) is 75.9 Å². The van der Waals surface area contributed by atoms with Crippen molar-refractivity contribution in [2.45, 2.75) is 26.7 Å². The Morgan fingerprint density at radius 1 is 1.18 bits per heavy atom. The van der Waals surface area contributed by atoms with Gasteiger partial charge in [0, 0.05) is 43.0 Å². The second-order valence-corrected chi connectivity index (χ2v) is 7.18. The highest BCUT2D eigenvalue weighted by atomic mass is 35.5. The van der Waals surface area contributed by atoms with E-state index in [9.17, 15) is 4.79 Å². The Morgan fingerprint density at radius 2 is 1.89 bits per heavy atom. The van der Waals surface area contributed by atoms with Crippen molar-refractivity contribution in [1.82, 2.24) is 19.7 Å². The molecule has 1 amide bonds. The lowest BCUT2D eigenvalue weighted by Gasteiger charge is -2.12. The third-order valence-electron chi connectivity index (χ3n) is 4.48. The van der Waals surface area contributed by atoms with Gasteiger partial charge in [-0.1, -0.05) is 11.6 Å². The van der Waals surface area contributed by atoms with Crippen LogP contribution in [0.1, 0.15) is 23.4 Å². The third-order valence-corrected chi connectivity index (χ3v) is 4.74. The summed E-state index contributed by atoms with van der Waals surface area (Å²) in [5, 5.41) is 8.14. The van der Waals surface area contributed by atoms with Gasteiger partial charge in [-0.15, -0.1) is 0 Å². The number of halogens is 1. The Balaban J connectivity index is 1.72. The van der Waals surface area contributed by atoms with Crippen molar-refractivity contribution < 1.29 is 4.79 Å². The number of anilines is 2. The molecule has 0 saturated carbocycles. The molecule has 0 saturated heterocycles. The predicted molar refractivity (Wildman–Crippen MR) is 111 cm³/mol. The van der Waals surface area contributed by atoms with Gasteiger partial charge < -0.3 is 10.2 Å². The SMILES string of the molecule is Cc1nn(-c2cc(N(C)C)ncn2)c(C)c1CCC(=O)Nc1ccc(Cl)cc1. The number of hydrogen-bond donors (Lipinski definition) is 1. The van der Waals surface area contributed by atoms with Crippen LogP contribution in [0.2, 0.25) is 5.02 Å². The molecule has 0 aliphatic rings. The van der Waals surface area contributed by atoms with Gasteiger partial charge in [-0.3, -0.25) is 4.79 Å². The Labute approximate surface area is 169 Å². The molecule has 28 heavy (non-hydrogen) atoms. The van der Waals surface area contributed by atoms with Crippen molar-refractivity contribution in [3.8, 4) is 5.82 Å². The zero-order chi connectivity index (χ0) is 20.3. The molecule has 0 bridgehead atoms. The van der Waals surface area contributed by atoms with Crippen LogP contribution in [-0.2, 0) is 11.2 Å². The smallest absolute Gasteiger partial charge is 0.224 e. The highest BCUT2D eigenvalue weighted by Gasteiger charge is 2.15. The van der Waals surface area contributed by atoms with Crippen LogP contribution in [0.5, 0.6) is 0 Å². The Bertz CT molecular complexity index is 981. The first-order valence-corrected chi connectivity index (χ1v) is 9.33. The maximum atomic E-state index is 12.3. The molecule has 0 aliphatic carbocycles. The summed E-state index contributed by atoms with van der Waals surface area (Å²) in [5.74, 6) is 1.46. The van der Waals surface area contributed by atoms with E-state index < -0.39 is 0 Å². The fourth-order valence-electron chi connectivity index (χ4n) is 2.95. The van der Waals surface area contributed by atoms with E-state index >= 15 is 0 Å². The maximum Gasteiger partial charge on any atom is 0.224 e. The van der Waals surface area contributed by atoms with Crippen LogP contribution in [0.15, 0.2) is 36.7 Å². The number of rotatable bonds is 6. The largest absolute Gasteiger partial charge is 0.363 e. The maximum absolute atomic E-state index is 12.3. The highest BCUT2D eigenvalue weighted by Crippen LogP contribution is 2.20. The van der Waals surface area contributed by atoms with E-state index in [0.29, 0.717) is 23.7 Å². The van der Waals surface area contributed by atoms with Crippen LogP contribution in [0.3, 0.4) is 0 Å². The molecule has 146 valence electrons. The van der Waals surface area contributed by atoms with Crippen molar-refractivity contribution >= 4 is 29.0 Å². The van der Waals surface area contributed by atoms with E-state index in [1.807, 2.05) is 38.9 Å². The quantitative estimate of drug-likeness (QED) is 0.686. The van der Waals surface area contributed by atoms with E-state index in [1.54, 1.807) is 28.9 Å². The molecular formula is C20H23ClN6O. The van der Waals surface area contributed by atoms with Gasteiger partial charge in [0.15, 0.2) is 5.82 Å². The molecule has 0 aliphatic heterocycles. The number of amides is 1. The highest BCUT2D eigenvalue weighted by molar-refractivity contribution is 6.30. The van der Waals surface area contributed by atoms with Crippen molar-refractivity contribution in [2.24, 2.45) is 0 Å². The fourth-order valence-corrected chi connectivity index (χ4v) is 3.08. The molecule has 1 N–H and O–H groups in total. The van der Waals surface area contributed by atoms with Crippen LogP contribution in [0, 0.1) is 13.8 Å². The lowest BCUT2D eigenvalue weighted by molar-refractivity contribution is -0.116. The van der Waals surface area contributed by atoms with Crippen LogP contribution >= 0.6 is 11.6 Å². The number of aromatic nitrogens is 4. The van der Waals surface area contributed by atoms with E-state index in [1.165, 1.54) is 6.33 Å². The summed E-state index contributed by atoms with van der Waals surface area (Å²) in [6, 6.07) is 8.95. The summed E-state index contributed by atoms with van der Waals surface area (Å²) in [5.41, 5.74) is 3.65. The monoisotopic (exact) mass is 398 g/mol. The predicted octanol–water partition coefficient (Wildman–Crippen LogP) is 3.57. The van der Waals surface area contributed by atoms with E-state index in [4.69, 9.17) is 11.6 Å². The Hall–Kier alpha value is -2.93. The number of nitrogens with one attached hydrogen (secondary N) is 1. The number of hydrogen-bond acceptors (Lipinski definition) is 5. The van der Waals surface area contributed by atoms with E-state index in [0.717, 1.165) is 28.5 Å². The fraction of sp³-hybridized carbons (Fsp3) is 0.300. The second-order valence-electron chi connectivity index (χ2n) is 6.75. The van der Waals surface area contributed by atoms with Gasteiger partial charge in [0.05, 0.1) is 5.69 Å². The summed E-state index contributed by atoms with van der Waals surface area (Å²) >= 11 is 5.87. The van der Waals surface area contributed by atoms with E-state index in [-0.39, 0.29) is 5.91 Å². The molecule has 0 radical (unpaired) electrons. The average molecular weight is 399 g/mol. The summed E-state index contributed by atoms with van der Waals surface area (Å²) in [7, 11) is 3.86. The van der Waals surface area contributed by atoms with Gasteiger partial charge in [0.25, 0.3) is 0 Å². The molecule has 0 fully saturated rings.